The minimum atomic E-state index is -1.01. The Morgan fingerprint density at radius 2 is 1.95 bits per heavy atom. The molecule has 1 aromatic rings. The highest BCUT2D eigenvalue weighted by atomic mass is 16.5. The van der Waals surface area contributed by atoms with E-state index in [9.17, 15) is 14.4 Å². The van der Waals surface area contributed by atoms with Crippen LogP contribution in [0.1, 0.15) is 12.5 Å². The normalized spacial score (nSPS) is 18.8. The molecule has 0 bridgehead atoms. The molecule has 100 valence electrons. The molecule has 0 radical (unpaired) electrons. The third-order valence-corrected chi connectivity index (χ3v) is 3.05. The van der Waals surface area contributed by atoms with Gasteiger partial charge in [0, 0.05) is 12.2 Å². The minimum absolute atomic E-state index is 0.0551. The maximum absolute atomic E-state index is 11.9. The molecule has 2 rings (SSSR count). The van der Waals surface area contributed by atoms with Crippen LogP contribution < -0.4 is 4.90 Å². The van der Waals surface area contributed by atoms with Gasteiger partial charge in [0.25, 0.3) is 5.91 Å². The smallest absolute Gasteiger partial charge is 0.318 e. The summed E-state index contributed by atoms with van der Waals surface area (Å²) in [6.45, 7) is 3.85. The van der Waals surface area contributed by atoms with E-state index in [1.54, 1.807) is 19.1 Å². The molecule has 1 aromatic carbocycles. The van der Waals surface area contributed by atoms with E-state index in [-0.39, 0.29) is 13.2 Å². The van der Waals surface area contributed by atoms with E-state index in [1.165, 1.54) is 4.90 Å². The van der Waals surface area contributed by atoms with Crippen LogP contribution in [-0.2, 0) is 19.1 Å². The van der Waals surface area contributed by atoms with Crippen molar-refractivity contribution in [3.8, 4) is 0 Å². The molecule has 19 heavy (non-hydrogen) atoms. The Bertz CT molecular complexity index is 521. The quantitative estimate of drug-likeness (QED) is 0.464. The van der Waals surface area contributed by atoms with Crippen molar-refractivity contribution in [1.29, 1.82) is 0 Å². The zero-order valence-electron chi connectivity index (χ0n) is 10.9. The van der Waals surface area contributed by atoms with Crippen LogP contribution in [0.15, 0.2) is 24.3 Å². The van der Waals surface area contributed by atoms with E-state index < -0.39 is 23.6 Å². The summed E-state index contributed by atoms with van der Waals surface area (Å²) in [6, 6.07) is 7.22. The molecule has 1 heterocycles. The number of amides is 1. The van der Waals surface area contributed by atoms with E-state index in [0.29, 0.717) is 5.69 Å². The Kier molecular flexibility index (Phi) is 3.64. The second kappa shape index (κ2) is 5.22. The number of aryl methyl sites for hydroxylation is 1. The van der Waals surface area contributed by atoms with Gasteiger partial charge in [-0.1, -0.05) is 17.7 Å². The highest BCUT2D eigenvalue weighted by Gasteiger charge is 2.44. The average molecular weight is 261 g/mol. The van der Waals surface area contributed by atoms with Gasteiger partial charge >= 0.3 is 5.97 Å². The van der Waals surface area contributed by atoms with E-state index in [0.717, 1.165) is 5.56 Å². The fourth-order valence-corrected chi connectivity index (χ4v) is 2.00. The number of carbonyl (C=O) groups is 3. The summed E-state index contributed by atoms with van der Waals surface area (Å²) in [6.07, 6.45) is 0. The van der Waals surface area contributed by atoms with Gasteiger partial charge < -0.3 is 9.64 Å². The molecule has 5 nitrogen and oxygen atoms in total. The van der Waals surface area contributed by atoms with Crippen LogP contribution >= 0.6 is 0 Å². The lowest BCUT2D eigenvalue weighted by molar-refractivity contribution is -0.151. The average Bonchev–Trinajstić information content (AvgIpc) is 2.68. The molecule has 1 aliphatic heterocycles. The number of ether oxygens (including phenoxy) is 1. The number of esters is 1. The first-order chi connectivity index (χ1) is 9.04. The molecule has 0 N–H and O–H groups in total. The SMILES string of the molecule is CCOC(=O)[C@@H]1CN(c2ccc(C)cc2)C(=O)C1=O. The third kappa shape index (κ3) is 2.50. The van der Waals surface area contributed by atoms with Crippen molar-refractivity contribution in [2.24, 2.45) is 5.92 Å². The zero-order valence-corrected chi connectivity index (χ0v) is 10.9. The number of ketones is 1. The summed E-state index contributed by atoms with van der Waals surface area (Å²) >= 11 is 0. The Morgan fingerprint density at radius 3 is 2.53 bits per heavy atom. The lowest BCUT2D eigenvalue weighted by Gasteiger charge is -2.15. The maximum Gasteiger partial charge on any atom is 0.318 e. The molecule has 0 saturated carbocycles. The number of benzene rings is 1. The molecule has 0 aliphatic carbocycles. The van der Waals surface area contributed by atoms with Gasteiger partial charge in [-0.15, -0.1) is 0 Å². The Labute approximate surface area is 111 Å². The van der Waals surface area contributed by atoms with Crippen LogP contribution in [-0.4, -0.2) is 30.8 Å². The number of carbonyl (C=O) groups excluding carboxylic acids is 3. The van der Waals surface area contributed by atoms with Gasteiger partial charge in [0.05, 0.1) is 6.61 Å². The van der Waals surface area contributed by atoms with Crippen molar-refractivity contribution < 1.29 is 19.1 Å². The molecule has 5 heteroatoms. The molecule has 1 amide bonds. The Morgan fingerprint density at radius 1 is 1.32 bits per heavy atom. The van der Waals surface area contributed by atoms with Gasteiger partial charge in [-0.25, -0.2) is 0 Å². The van der Waals surface area contributed by atoms with Crippen LogP contribution in [0.25, 0.3) is 0 Å². The molecule has 0 unspecified atom stereocenters. The van der Waals surface area contributed by atoms with Gasteiger partial charge in [-0.05, 0) is 26.0 Å². The van der Waals surface area contributed by atoms with Gasteiger partial charge in [-0.3, -0.25) is 14.4 Å². The second-order valence-corrected chi connectivity index (χ2v) is 4.42. The zero-order chi connectivity index (χ0) is 14.0. The number of nitrogens with zero attached hydrogens (tertiary/aromatic N) is 1. The highest BCUT2D eigenvalue weighted by molar-refractivity contribution is 6.47. The van der Waals surface area contributed by atoms with E-state index >= 15 is 0 Å². The highest BCUT2D eigenvalue weighted by Crippen LogP contribution is 2.24. The minimum Gasteiger partial charge on any atom is -0.465 e. The first kappa shape index (κ1) is 13.3. The predicted molar refractivity (Wildman–Crippen MR) is 68.7 cm³/mol. The standard InChI is InChI=1S/C14H15NO4/c1-3-19-14(18)11-8-15(13(17)12(11)16)10-6-4-9(2)5-7-10/h4-7,11H,3,8H2,1-2H3/t11-/m1/s1. The van der Waals surface area contributed by atoms with Gasteiger partial charge in [0.1, 0.15) is 5.92 Å². The number of anilines is 1. The molecule has 1 aliphatic rings. The van der Waals surface area contributed by atoms with E-state index in [2.05, 4.69) is 0 Å². The van der Waals surface area contributed by atoms with Crippen molar-refractivity contribution in [3.63, 3.8) is 0 Å². The number of hydrogen-bond donors (Lipinski definition) is 0. The summed E-state index contributed by atoms with van der Waals surface area (Å²) in [5.74, 6) is -2.98. The first-order valence-electron chi connectivity index (χ1n) is 6.13. The molecular weight excluding hydrogens is 246 g/mol. The van der Waals surface area contributed by atoms with Gasteiger partial charge in [0.2, 0.25) is 5.78 Å². The van der Waals surface area contributed by atoms with Crippen LogP contribution in [0, 0.1) is 12.8 Å². The van der Waals surface area contributed by atoms with Crippen molar-refractivity contribution in [2.45, 2.75) is 13.8 Å². The van der Waals surface area contributed by atoms with Crippen molar-refractivity contribution in [3.05, 3.63) is 29.8 Å². The van der Waals surface area contributed by atoms with Crippen LogP contribution in [0.3, 0.4) is 0 Å². The number of hydrogen-bond acceptors (Lipinski definition) is 4. The molecule has 0 aromatic heterocycles. The van der Waals surface area contributed by atoms with Gasteiger partial charge in [0.15, 0.2) is 0 Å². The third-order valence-electron chi connectivity index (χ3n) is 3.05. The van der Waals surface area contributed by atoms with Crippen LogP contribution in [0.2, 0.25) is 0 Å². The molecule has 1 atom stereocenters. The van der Waals surface area contributed by atoms with Crippen LogP contribution in [0.4, 0.5) is 5.69 Å². The lowest BCUT2D eigenvalue weighted by atomic mass is 10.1. The largest absolute Gasteiger partial charge is 0.465 e. The van der Waals surface area contributed by atoms with Crippen molar-refractivity contribution in [2.75, 3.05) is 18.1 Å². The summed E-state index contributed by atoms with van der Waals surface area (Å²) in [7, 11) is 0. The Hall–Kier alpha value is -2.17. The maximum atomic E-state index is 11.9. The topological polar surface area (TPSA) is 63.7 Å². The first-order valence-corrected chi connectivity index (χ1v) is 6.13. The predicted octanol–water partition coefficient (Wildman–Crippen LogP) is 1.09. The van der Waals surface area contributed by atoms with E-state index in [4.69, 9.17) is 4.74 Å². The molecule has 1 saturated heterocycles. The number of Topliss-reactive ketones (excluding diaryl/α,β-unsaturated/α-hetero) is 1. The molecular formula is C14H15NO4. The fraction of sp³-hybridized carbons (Fsp3) is 0.357. The van der Waals surface area contributed by atoms with Crippen molar-refractivity contribution in [1.82, 2.24) is 0 Å². The van der Waals surface area contributed by atoms with Crippen LogP contribution in [0.5, 0.6) is 0 Å². The second-order valence-electron chi connectivity index (χ2n) is 4.42. The monoisotopic (exact) mass is 261 g/mol. The van der Waals surface area contributed by atoms with Gasteiger partial charge in [-0.2, -0.15) is 0 Å². The van der Waals surface area contributed by atoms with E-state index in [1.807, 2.05) is 19.1 Å². The number of rotatable bonds is 3. The van der Waals surface area contributed by atoms with Crippen molar-refractivity contribution >= 4 is 23.3 Å². The summed E-state index contributed by atoms with van der Waals surface area (Å²) in [5.41, 5.74) is 1.68. The molecule has 0 spiro atoms. The summed E-state index contributed by atoms with van der Waals surface area (Å²) < 4.78 is 4.81. The lowest BCUT2D eigenvalue weighted by Crippen LogP contribution is -2.26. The summed E-state index contributed by atoms with van der Waals surface area (Å²) in [5, 5.41) is 0. The Balaban J connectivity index is 2.21. The fourth-order valence-electron chi connectivity index (χ4n) is 2.00. The molecule has 1 fully saturated rings. The summed E-state index contributed by atoms with van der Waals surface area (Å²) in [4.78, 5) is 36.6.